The molecule has 2 bridgehead atoms. The van der Waals surface area contributed by atoms with Crippen LogP contribution in [0.25, 0.3) is 16.9 Å². The van der Waals surface area contributed by atoms with Crippen LogP contribution in [0.4, 0.5) is 17.5 Å². The Kier molecular flexibility index (Phi) is 5.25. The minimum Gasteiger partial charge on any atom is -0.480 e. The van der Waals surface area contributed by atoms with Gasteiger partial charge in [0.15, 0.2) is 29.6 Å². The second-order valence-corrected chi connectivity index (χ2v) is 9.81. The number of pyridine rings is 1. The molecule has 3 aliphatic heterocycles. The predicted molar refractivity (Wildman–Crippen MR) is 142 cm³/mol. The highest BCUT2D eigenvalue weighted by Gasteiger charge is 2.28. The molecule has 7 rings (SSSR count). The lowest BCUT2D eigenvalue weighted by Gasteiger charge is -2.28. The number of aromatic nitrogens is 5. The van der Waals surface area contributed by atoms with Gasteiger partial charge in [0, 0.05) is 31.5 Å². The average molecular weight is 511 g/mol. The van der Waals surface area contributed by atoms with E-state index in [4.69, 9.17) is 14.7 Å². The molecule has 11 nitrogen and oxygen atoms in total. The highest BCUT2D eigenvalue weighted by molar-refractivity contribution is 5.96. The molecule has 0 unspecified atom stereocenters. The van der Waals surface area contributed by atoms with Crippen LogP contribution in [-0.4, -0.2) is 61.9 Å². The summed E-state index contributed by atoms with van der Waals surface area (Å²) in [5.74, 6) is 1.69. The molecule has 0 saturated carbocycles. The average Bonchev–Trinajstić information content (AvgIpc) is 3.17. The molecule has 1 amide bonds. The van der Waals surface area contributed by atoms with E-state index in [0.717, 1.165) is 25.2 Å². The van der Waals surface area contributed by atoms with E-state index in [0.29, 0.717) is 53.9 Å². The number of benzene rings is 1. The van der Waals surface area contributed by atoms with E-state index >= 15 is 0 Å². The van der Waals surface area contributed by atoms with Crippen molar-refractivity contribution in [2.45, 2.75) is 25.9 Å². The lowest BCUT2D eigenvalue weighted by atomic mass is 9.99. The van der Waals surface area contributed by atoms with Crippen LogP contribution in [0.1, 0.15) is 17.5 Å². The fourth-order valence-electron chi connectivity index (χ4n) is 5.30. The predicted octanol–water partition coefficient (Wildman–Crippen LogP) is 2.39. The number of rotatable bonds is 2. The first-order chi connectivity index (χ1) is 18.5. The summed E-state index contributed by atoms with van der Waals surface area (Å²) in [6.07, 6.45) is 7.12. The highest BCUT2D eigenvalue weighted by atomic mass is 16.5. The maximum absolute atomic E-state index is 13.4. The van der Waals surface area contributed by atoms with Crippen LogP contribution in [0.5, 0.6) is 5.75 Å². The number of allylic oxidation sites excluding steroid dienone is 1. The van der Waals surface area contributed by atoms with Gasteiger partial charge in [-0.05, 0) is 55.3 Å². The molecule has 6 heterocycles. The van der Waals surface area contributed by atoms with E-state index in [1.807, 2.05) is 18.2 Å². The summed E-state index contributed by atoms with van der Waals surface area (Å²) < 4.78 is 8.90. The van der Waals surface area contributed by atoms with Crippen molar-refractivity contribution in [3.05, 3.63) is 70.2 Å². The number of hydrogen-bond acceptors (Lipinski definition) is 8. The maximum atomic E-state index is 13.4. The first-order valence-corrected chi connectivity index (χ1v) is 12.7. The quantitative estimate of drug-likeness (QED) is 0.410. The van der Waals surface area contributed by atoms with Crippen molar-refractivity contribution in [2.24, 2.45) is 0 Å². The monoisotopic (exact) mass is 510 g/mol. The van der Waals surface area contributed by atoms with Crippen molar-refractivity contribution in [1.29, 1.82) is 0 Å². The van der Waals surface area contributed by atoms with Crippen LogP contribution in [0.3, 0.4) is 0 Å². The molecular formula is C27H26N8O3. The lowest BCUT2D eigenvalue weighted by Crippen LogP contribution is -2.40. The van der Waals surface area contributed by atoms with Gasteiger partial charge in [0.25, 0.3) is 11.5 Å². The summed E-state index contributed by atoms with van der Waals surface area (Å²) in [5, 5.41) is 3.70. The second-order valence-electron chi connectivity index (χ2n) is 9.81. The largest absolute Gasteiger partial charge is 0.480 e. The summed E-state index contributed by atoms with van der Waals surface area (Å²) >= 11 is 0. The third kappa shape index (κ3) is 3.74. The van der Waals surface area contributed by atoms with Crippen molar-refractivity contribution < 1.29 is 9.53 Å². The van der Waals surface area contributed by atoms with Crippen LogP contribution in [0.2, 0.25) is 0 Å². The van der Waals surface area contributed by atoms with Crippen LogP contribution in [-0.2, 0) is 24.3 Å². The number of carbonyl (C=O) groups excluding carboxylic acids is 1. The van der Waals surface area contributed by atoms with Gasteiger partial charge >= 0.3 is 0 Å². The standard InChI is InChI=1S/C27H26N8O3/c1-32-12-9-17-5-6-19(13-18(17)15-32)29-27-28-14-20-24(31-27)35-22-8-7-21-25(30-22)33(23(36)16-38-21)10-3-2-4-11-34(35)26(20)37/h2,4-8,13-14H,3,9-12,15-16H2,1H3,(H,28,29,31). The number of hydrogen-bond donors (Lipinski definition) is 1. The highest BCUT2D eigenvalue weighted by Crippen LogP contribution is 2.32. The van der Waals surface area contributed by atoms with Gasteiger partial charge in [0.05, 0.1) is 6.54 Å². The minimum absolute atomic E-state index is 0.0177. The van der Waals surface area contributed by atoms with E-state index in [-0.39, 0.29) is 18.1 Å². The minimum atomic E-state index is -0.212. The van der Waals surface area contributed by atoms with Gasteiger partial charge in [-0.25, -0.2) is 19.3 Å². The Morgan fingerprint density at radius 2 is 1.95 bits per heavy atom. The molecule has 0 fully saturated rings. The Hall–Kier alpha value is -4.51. The number of nitrogens with one attached hydrogen (secondary N) is 1. The number of amides is 1. The molecule has 0 aliphatic carbocycles. The lowest BCUT2D eigenvalue weighted by molar-refractivity contribution is -0.121. The number of anilines is 3. The summed E-state index contributed by atoms with van der Waals surface area (Å²) in [7, 11) is 2.12. The van der Waals surface area contributed by atoms with Gasteiger partial charge in [0.2, 0.25) is 5.95 Å². The van der Waals surface area contributed by atoms with E-state index in [1.54, 1.807) is 32.6 Å². The Bertz CT molecular complexity index is 1690. The second kappa shape index (κ2) is 8.80. The molecule has 1 aromatic carbocycles. The molecule has 0 atom stereocenters. The number of fused-ring (bicyclic) bond motifs is 6. The van der Waals surface area contributed by atoms with Gasteiger partial charge in [-0.3, -0.25) is 14.5 Å². The first-order valence-electron chi connectivity index (χ1n) is 12.7. The number of likely N-dealkylation sites (N-methyl/N-ethyl adjacent to an activating group) is 1. The van der Waals surface area contributed by atoms with Gasteiger partial charge < -0.3 is 15.0 Å². The Morgan fingerprint density at radius 3 is 2.87 bits per heavy atom. The Morgan fingerprint density at radius 1 is 1.03 bits per heavy atom. The third-order valence-electron chi connectivity index (χ3n) is 7.25. The molecule has 11 heteroatoms. The molecule has 38 heavy (non-hydrogen) atoms. The zero-order valence-corrected chi connectivity index (χ0v) is 20.9. The molecule has 0 radical (unpaired) electrons. The summed E-state index contributed by atoms with van der Waals surface area (Å²) in [6.45, 7) is 2.75. The van der Waals surface area contributed by atoms with E-state index in [1.165, 1.54) is 11.1 Å². The number of nitrogens with zero attached hydrogens (tertiary/aromatic N) is 7. The van der Waals surface area contributed by atoms with Crippen molar-refractivity contribution in [2.75, 3.05) is 37.0 Å². The normalized spacial score (nSPS) is 17.0. The smallest absolute Gasteiger partial charge is 0.278 e. The first kappa shape index (κ1) is 22.7. The van der Waals surface area contributed by atoms with Gasteiger partial charge in [-0.2, -0.15) is 4.98 Å². The van der Waals surface area contributed by atoms with Crippen molar-refractivity contribution >= 4 is 34.4 Å². The molecule has 192 valence electrons. The van der Waals surface area contributed by atoms with Crippen LogP contribution >= 0.6 is 0 Å². The zero-order chi connectivity index (χ0) is 25.8. The fourth-order valence-corrected chi connectivity index (χ4v) is 5.30. The van der Waals surface area contributed by atoms with Crippen molar-refractivity contribution in [3.63, 3.8) is 0 Å². The van der Waals surface area contributed by atoms with Crippen LogP contribution in [0.15, 0.2) is 53.5 Å². The molecule has 0 saturated heterocycles. The Balaban J connectivity index is 1.35. The summed E-state index contributed by atoms with van der Waals surface area (Å²) in [5.41, 5.74) is 3.75. The van der Waals surface area contributed by atoms with Crippen molar-refractivity contribution in [1.82, 2.24) is 29.2 Å². The number of carbonyl (C=O) groups is 1. The molecule has 3 aliphatic rings. The molecular weight excluding hydrogens is 484 g/mol. The molecule has 4 aromatic rings. The number of ether oxygens (including phenoxy) is 1. The fraction of sp³-hybridized carbons (Fsp3) is 0.296. The van der Waals surface area contributed by atoms with Gasteiger partial charge in [-0.1, -0.05) is 18.2 Å². The third-order valence-corrected chi connectivity index (χ3v) is 7.25. The van der Waals surface area contributed by atoms with Gasteiger partial charge in [-0.15, -0.1) is 0 Å². The van der Waals surface area contributed by atoms with E-state index in [2.05, 4.69) is 34.4 Å². The molecule has 0 spiro atoms. The Labute approximate surface area is 218 Å². The van der Waals surface area contributed by atoms with Crippen LogP contribution < -0.4 is 20.5 Å². The van der Waals surface area contributed by atoms with Crippen molar-refractivity contribution in [3.8, 4) is 11.6 Å². The summed E-state index contributed by atoms with van der Waals surface area (Å²) in [4.78, 5) is 43.9. The zero-order valence-electron chi connectivity index (χ0n) is 20.9. The molecule has 1 N–H and O–H groups in total. The maximum Gasteiger partial charge on any atom is 0.278 e. The SMILES string of the molecule is CN1CCc2ccc(Nc3ncc4c(=O)n5n(c4n3)-c3ccc4c(n3)N(CCC=CC5)C(=O)CO4)cc2C1. The van der Waals surface area contributed by atoms with Crippen LogP contribution in [0, 0.1) is 0 Å². The topological polar surface area (TPSA) is 110 Å². The summed E-state index contributed by atoms with van der Waals surface area (Å²) in [6, 6.07) is 9.88. The molecule has 3 aromatic heterocycles. The van der Waals surface area contributed by atoms with E-state index in [9.17, 15) is 9.59 Å². The van der Waals surface area contributed by atoms with Gasteiger partial charge in [0.1, 0.15) is 5.39 Å². The van der Waals surface area contributed by atoms with E-state index < -0.39 is 0 Å².